The zero-order valence-electron chi connectivity index (χ0n) is 13.5. The van der Waals surface area contributed by atoms with Crippen LogP contribution in [0.25, 0.3) is 6.08 Å². The highest BCUT2D eigenvalue weighted by Crippen LogP contribution is 2.30. The van der Waals surface area contributed by atoms with E-state index in [-0.39, 0.29) is 24.1 Å². The van der Waals surface area contributed by atoms with Crippen LogP contribution in [0.3, 0.4) is 0 Å². The lowest BCUT2D eigenvalue weighted by Crippen LogP contribution is -2.00. The molecule has 0 heterocycles. The molecule has 1 saturated carbocycles. The molecule has 0 bridgehead atoms. The van der Waals surface area contributed by atoms with Gasteiger partial charge in [-0.25, -0.2) is 4.39 Å². The number of hydrogen-bond acceptors (Lipinski definition) is 3. The average molecular weight is 326 g/mol. The van der Waals surface area contributed by atoms with Crippen LogP contribution in [0.1, 0.15) is 24.0 Å². The van der Waals surface area contributed by atoms with E-state index in [1.54, 1.807) is 37.5 Å². The molecular weight excluding hydrogens is 307 g/mol. The number of allylic oxidation sites excluding steroid dienone is 1. The van der Waals surface area contributed by atoms with Gasteiger partial charge in [-0.05, 0) is 48.7 Å². The van der Waals surface area contributed by atoms with E-state index in [2.05, 4.69) is 0 Å². The Bertz CT molecular complexity index is 763. The van der Waals surface area contributed by atoms with Crippen LogP contribution >= 0.6 is 0 Å². The minimum Gasteiger partial charge on any atom is -0.496 e. The van der Waals surface area contributed by atoms with E-state index < -0.39 is 5.82 Å². The number of ketones is 1. The number of ether oxygens (including phenoxy) is 2. The van der Waals surface area contributed by atoms with Crippen LogP contribution in [-0.4, -0.2) is 12.9 Å². The van der Waals surface area contributed by atoms with Crippen molar-refractivity contribution in [3.63, 3.8) is 0 Å². The highest BCUT2D eigenvalue weighted by molar-refractivity contribution is 5.96. The van der Waals surface area contributed by atoms with Gasteiger partial charge in [-0.3, -0.25) is 4.79 Å². The Balaban J connectivity index is 1.74. The van der Waals surface area contributed by atoms with Crippen LogP contribution in [0.4, 0.5) is 4.39 Å². The molecule has 0 amide bonds. The predicted octanol–water partition coefficient (Wildman–Crippen LogP) is 4.41. The second-order valence-corrected chi connectivity index (χ2v) is 5.80. The van der Waals surface area contributed by atoms with Crippen LogP contribution in [0.5, 0.6) is 11.5 Å². The molecule has 3 nitrogen and oxygen atoms in total. The summed E-state index contributed by atoms with van der Waals surface area (Å²) in [5.74, 6) is 0.849. The van der Waals surface area contributed by atoms with E-state index in [1.165, 1.54) is 6.07 Å². The lowest BCUT2D eigenvalue weighted by atomic mass is 10.1. The number of carbonyl (C=O) groups is 1. The Kier molecular flexibility index (Phi) is 4.94. The molecule has 0 saturated heterocycles. The van der Waals surface area contributed by atoms with Crippen molar-refractivity contribution in [2.24, 2.45) is 5.92 Å². The van der Waals surface area contributed by atoms with Crippen molar-refractivity contribution in [2.75, 3.05) is 7.11 Å². The van der Waals surface area contributed by atoms with Crippen molar-refractivity contribution >= 4 is 11.9 Å². The highest BCUT2D eigenvalue weighted by atomic mass is 19.1. The van der Waals surface area contributed by atoms with Gasteiger partial charge in [0.25, 0.3) is 0 Å². The average Bonchev–Trinajstić information content (AvgIpc) is 3.44. The summed E-state index contributed by atoms with van der Waals surface area (Å²) in [7, 11) is 1.58. The lowest BCUT2D eigenvalue weighted by Gasteiger charge is -2.11. The van der Waals surface area contributed by atoms with Gasteiger partial charge in [0, 0.05) is 11.5 Å². The van der Waals surface area contributed by atoms with Crippen molar-refractivity contribution in [1.29, 1.82) is 0 Å². The normalized spacial score (nSPS) is 13.9. The molecule has 124 valence electrons. The van der Waals surface area contributed by atoms with Crippen LogP contribution < -0.4 is 9.47 Å². The zero-order valence-corrected chi connectivity index (χ0v) is 13.5. The van der Waals surface area contributed by atoms with Gasteiger partial charge in [0.2, 0.25) is 0 Å². The molecule has 2 aromatic rings. The number of methoxy groups -OCH3 is 1. The SMILES string of the molecule is COc1ccc(/C=C/C(=O)C2CC2)cc1COc1ccccc1F. The van der Waals surface area contributed by atoms with E-state index in [1.807, 2.05) is 18.2 Å². The van der Waals surface area contributed by atoms with Crippen molar-refractivity contribution in [1.82, 2.24) is 0 Å². The molecule has 24 heavy (non-hydrogen) atoms. The molecule has 4 heteroatoms. The fraction of sp³-hybridized carbons (Fsp3) is 0.250. The summed E-state index contributed by atoms with van der Waals surface area (Å²) < 4.78 is 24.5. The van der Waals surface area contributed by atoms with E-state index in [0.29, 0.717) is 5.75 Å². The maximum absolute atomic E-state index is 13.6. The third-order valence-electron chi connectivity index (χ3n) is 3.94. The summed E-state index contributed by atoms with van der Waals surface area (Å²) in [6.45, 7) is 0.183. The Labute approximate surface area is 140 Å². The van der Waals surface area contributed by atoms with Gasteiger partial charge in [-0.15, -0.1) is 0 Å². The van der Waals surface area contributed by atoms with Gasteiger partial charge in [-0.1, -0.05) is 24.3 Å². The molecule has 0 atom stereocenters. The summed E-state index contributed by atoms with van der Waals surface area (Å²) in [6, 6.07) is 11.9. The second-order valence-electron chi connectivity index (χ2n) is 5.80. The minimum absolute atomic E-state index is 0.176. The first-order valence-electron chi connectivity index (χ1n) is 7.93. The summed E-state index contributed by atoms with van der Waals surface area (Å²) in [6.07, 6.45) is 5.41. The van der Waals surface area contributed by atoms with Gasteiger partial charge >= 0.3 is 0 Å². The van der Waals surface area contributed by atoms with E-state index in [9.17, 15) is 9.18 Å². The first-order valence-corrected chi connectivity index (χ1v) is 7.93. The Morgan fingerprint density at radius 2 is 2.00 bits per heavy atom. The third kappa shape index (κ3) is 4.02. The van der Waals surface area contributed by atoms with E-state index >= 15 is 0 Å². The molecule has 0 spiro atoms. The highest BCUT2D eigenvalue weighted by Gasteiger charge is 2.27. The minimum atomic E-state index is -0.400. The lowest BCUT2D eigenvalue weighted by molar-refractivity contribution is -0.115. The molecule has 3 rings (SSSR count). The van der Waals surface area contributed by atoms with Crippen LogP contribution in [0, 0.1) is 11.7 Å². The first-order chi connectivity index (χ1) is 11.7. The van der Waals surface area contributed by atoms with Crippen LogP contribution in [0.2, 0.25) is 0 Å². The molecule has 0 aromatic heterocycles. The number of para-hydroxylation sites is 1. The van der Waals surface area contributed by atoms with Crippen molar-refractivity contribution in [2.45, 2.75) is 19.4 Å². The molecule has 2 aromatic carbocycles. The van der Waals surface area contributed by atoms with E-state index in [0.717, 1.165) is 24.0 Å². The van der Waals surface area contributed by atoms with Crippen molar-refractivity contribution < 1.29 is 18.7 Å². The maximum atomic E-state index is 13.6. The topological polar surface area (TPSA) is 35.5 Å². The largest absolute Gasteiger partial charge is 0.496 e. The summed E-state index contributed by atoms with van der Waals surface area (Å²) >= 11 is 0. The number of benzene rings is 2. The molecule has 0 N–H and O–H groups in total. The quantitative estimate of drug-likeness (QED) is 0.707. The Hall–Kier alpha value is -2.62. The van der Waals surface area contributed by atoms with Crippen LogP contribution in [-0.2, 0) is 11.4 Å². The van der Waals surface area contributed by atoms with Gasteiger partial charge < -0.3 is 9.47 Å². The third-order valence-corrected chi connectivity index (χ3v) is 3.94. The summed E-state index contributed by atoms with van der Waals surface area (Å²) in [5.41, 5.74) is 1.68. The zero-order chi connectivity index (χ0) is 16.9. The summed E-state index contributed by atoms with van der Waals surface area (Å²) in [4.78, 5) is 11.8. The smallest absolute Gasteiger partial charge is 0.165 e. The molecule has 1 aliphatic carbocycles. The maximum Gasteiger partial charge on any atom is 0.165 e. The number of hydrogen-bond donors (Lipinski definition) is 0. The van der Waals surface area contributed by atoms with Crippen LogP contribution in [0.15, 0.2) is 48.5 Å². The molecule has 0 radical (unpaired) electrons. The standard InChI is InChI=1S/C20H19FO3/c1-23-19-11-7-14(6-10-18(22)15-8-9-15)12-16(19)13-24-20-5-3-2-4-17(20)21/h2-7,10-12,15H,8-9,13H2,1H3/b10-6+. The van der Waals surface area contributed by atoms with Gasteiger partial charge in [0.15, 0.2) is 17.3 Å². The monoisotopic (exact) mass is 326 g/mol. The molecule has 0 unspecified atom stereocenters. The number of carbonyl (C=O) groups excluding carboxylic acids is 1. The number of halogens is 1. The number of rotatable bonds is 7. The summed E-state index contributed by atoms with van der Waals surface area (Å²) in [5, 5.41) is 0. The molecular formula is C20H19FO3. The first kappa shape index (κ1) is 16.2. The Morgan fingerprint density at radius 1 is 1.21 bits per heavy atom. The van der Waals surface area contributed by atoms with Gasteiger partial charge in [-0.2, -0.15) is 0 Å². The predicted molar refractivity (Wildman–Crippen MR) is 90.5 cm³/mol. The van der Waals surface area contributed by atoms with Gasteiger partial charge in [0.05, 0.1) is 7.11 Å². The van der Waals surface area contributed by atoms with Crippen molar-refractivity contribution in [3.05, 3.63) is 65.5 Å². The fourth-order valence-electron chi connectivity index (χ4n) is 2.41. The fourth-order valence-corrected chi connectivity index (χ4v) is 2.41. The molecule has 0 aliphatic heterocycles. The Morgan fingerprint density at radius 3 is 2.71 bits per heavy atom. The van der Waals surface area contributed by atoms with E-state index in [4.69, 9.17) is 9.47 Å². The second kappa shape index (κ2) is 7.30. The molecule has 1 fully saturated rings. The van der Waals surface area contributed by atoms with Gasteiger partial charge in [0.1, 0.15) is 12.4 Å². The molecule has 1 aliphatic rings. The van der Waals surface area contributed by atoms with Crippen molar-refractivity contribution in [3.8, 4) is 11.5 Å².